The van der Waals surface area contributed by atoms with Gasteiger partial charge in [-0.25, -0.2) is 9.67 Å². The minimum absolute atomic E-state index is 0.301. The van der Waals surface area contributed by atoms with Crippen molar-refractivity contribution in [2.45, 2.75) is 38.3 Å². The predicted molar refractivity (Wildman–Crippen MR) is 69.7 cm³/mol. The summed E-state index contributed by atoms with van der Waals surface area (Å²) >= 11 is 0. The fourth-order valence-corrected chi connectivity index (χ4v) is 2.63. The first kappa shape index (κ1) is 11.4. The van der Waals surface area contributed by atoms with Gasteiger partial charge in [-0.3, -0.25) is 0 Å². The van der Waals surface area contributed by atoms with E-state index in [2.05, 4.69) is 15.1 Å². The average molecular weight is 246 g/mol. The van der Waals surface area contributed by atoms with Gasteiger partial charge >= 0.3 is 0 Å². The number of aromatic nitrogens is 4. The standard InChI is InChI=1S/C12H18N6/c13-10-3-1-8(2-4-10)7-18-11-9(6-16-18)5-15-12(14)17-11/h5-6,8,10H,1-4,7,13H2,(H2,14,15,17)/t8-,10+. The van der Waals surface area contributed by atoms with Crippen molar-refractivity contribution in [2.24, 2.45) is 11.7 Å². The van der Waals surface area contributed by atoms with E-state index in [0.717, 1.165) is 30.4 Å². The van der Waals surface area contributed by atoms with Crippen LogP contribution in [0.5, 0.6) is 0 Å². The Balaban J connectivity index is 1.80. The first-order chi connectivity index (χ1) is 8.72. The molecule has 0 saturated heterocycles. The van der Waals surface area contributed by atoms with Crippen molar-refractivity contribution in [3.63, 3.8) is 0 Å². The second-order valence-electron chi connectivity index (χ2n) is 5.11. The third kappa shape index (κ3) is 2.15. The summed E-state index contributed by atoms with van der Waals surface area (Å²) < 4.78 is 1.94. The smallest absolute Gasteiger partial charge is 0.222 e. The minimum Gasteiger partial charge on any atom is -0.368 e. The molecule has 2 heterocycles. The Kier molecular flexibility index (Phi) is 2.87. The molecule has 3 rings (SSSR count). The van der Waals surface area contributed by atoms with Crippen LogP contribution >= 0.6 is 0 Å². The molecular weight excluding hydrogens is 228 g/mol. The molecule has 1 aliphatic carbocycles. The molecule has 6 heteroatoms. The van der Waals surface area contributed by atoms with Crippen LogP contribution in [0.1, 0.15) is 25.7 Å². The highest BCUT2D eigenvalue weighted by molar-refractivity contribution is 5.74. The molecule has 18 heavy (non-hydrogen) atoms. The maximum atomic E-state index is 5.92. The zero-order valence-electron chi connectivity index (χ0n) is 10.3. The average Bonchev–Trinajstić information content (AvgIpc) is 2.75. The molecule has 6 nitrogen and oxygen atoms in total. The van der Waals surface area contributed by atoms with E-state index in [1.807, 2.05) is 4.68 Å². The number of nitrogen functional groups attached to an aromatic ring is 1. The van der Waals surface area contributed by atoms with Crippen LogP contribution in [-0.4, -0.2) is 25.8 Å². The minimum atomic E-state index is 0.301. The molecule has 0 atom stereocenters. The molecule has 0 spiro atoms. The summed E-state index contributed by atoms with van der Waals surface area (Å²) in [6.45, 7) is 0.896. The van der Waals surface area contributed by atoms with Gasteiger partial charge in [0.05, 0.1) is 11.6 Å². The molecule has 0 radical (unpaired) electrons. The Morgan fingerprint density at radius 2 is 2.00 bits per heavy atom. The molecule has 0 aliphatic heterocycles. The molecule has 1 aliphatic rings. The highest BCUT2D eigenvalue weighted by Crippen LogP contribution is 2.25. The van der Waals surface area contributed by atoms with E-state index < -0.39 is 0 Å². The molecule has 1 saturated carbocycles. The Morgan fingerprint density at radius 1 is 1.22 bits per heavy atom. The summed E-state index contributed by atoms with van der Waals surface area (Å²) in [6, 6.07) is 0.383. The Hall–Kier alpha value is -1.69. The molecule has 96 valence electrons. The Morgan fingerprint density at radius 3 is 2.78 bits per heavy atom. The highest BCUT2D eigenvalue weighted by atomic mass is 15.3. The zero-order chi connectivity index (χ0) is 12.5. The topological polar surface area (TPSA) is 95.6 Å². The summed E-state index contributed by atoms with van der Waals surface area (Å²) in [5, 5.41) is 5.32. The van der Waals surface area contributed by atoms with Gasteiger partial charge in [-0.05, 0) is 31.6 Å². The van der Waals surface area contributed by atoms with E-state index in [9.17, 15) is 0 Å². The first-order valence-electron chi connectivity index (χ1n) is 6.42. The van der Waals surface area contributed by atoms with E-state index in [1.165, 1.54) is 12.8 Å². The molecule has 0 aromatic carbocycles. The monoisotopic (exact) mass is 246 g/mol. The third-order valence-electron chi connectivity index (χ3n) is 3.72. The maximum Gasteiger partial charge on any atom is 0.222 e. The number of nitrogens with zero attached hydrogens (tertiary/aromatic N) is 4. The van der Waals surface area contributed by atoms with E-state index in [-0.39, 0.29) is 0 Å². The van der Waals surface area contributed by atoms with Crippen molar-refractivity contribution in [3.05, 3.63) is 12.4 Å². The van der Waals surface area contributed by atoms with E-state index in [0.29, 0.717) is 17.9 Å². The summed E-state index contributed by atoms with van der Waals surface area (Å²) in [5.41, 5.74) is 12.4. The summed E-state index contributed by atoms with van der Waals surface area (Å²) in [4.78, 5) is 8.23. The lowest BCUT2D eigenvalue weighted by atomic mass is 9.86. The van der Waals surface area contributed by atoms with Gasteiger partial charge < -0.3 is 11.5 Å². The van der Waals surface area contributed by atoms with Gasteiger partial charge in [0.25, 0.3) is 0 Å². The van der Waals surface area contributed by atoms with Crippen LogP contribution in [0.25, 0.3) is 11.0 Å². The van der Waals surface area contributed by atoms with Gasteiger partial charge in [0.15, 0.2) is 5.65 Å². The van der Waals surface area contributed by atoms with Crippen LogP contribution in [0.15, 0.2) is 12.4 Å². The van der Waals surface area contributed by atoms with Crippen molar-refractivity contribution in [1.82, 2.24) is 19.7 Å². The number of fused-ring (bicyclic) bond motifs is 1. The predicted octanol–water partition coefficient (Wildman–Crippen LogP) is 0.926. The fourth-order valence-electron chi connectivity index (χ4n) is 2.63. The van der Waals surface area contributed by atoms with Crippen molar-refractivity contribution in [2.75, 3.05) is 5.73 Å². The lowest BCUT2D eigenvalue weighted by Gasteiger charge is -2.25. The number of anilines is 1. The van der Waals surface area contributed by atoms with E-state index in [1.54, 1.807) is 12.4 Å². The number of hydrogen-bond acceptors (Lipinski definition) is 5. The molecule has 0 unspecified atom stereocenters. The number of hydrogen-bond donors (Lipinski definition) is 2. The molecule has 2 aromatic rings. The SMILES string of the molecule is Nc1ncc2cnn(C[C@H]3CC[C@@H](N)CC3)c2n1. The first-order valence-corrected chi connectivity index (χ1v) is 6.42. The van der Waals surface area contributed by atoms with Crippen LogP contribution in [0.4, 0.5) is 5.95 Å². The van der Waals surface area contributed by atoms with Crippen LogP contribution in [0, 0.1) is 5.92 Å². The molecule has 0 bridgehead atoms. The Bertz CT molecular complexity index is 540. The van der Waals surface area contributed by atoms with Gasteiger partial charge in [-0.15, -0.1) is 0 Å². The van der Waals surface area contributed by atoms with Crippen molar-refractivity contribution >= 4 is 17.0 Å². The quantitative estimate of drug-likeness (QED) is 0.821. The Labute approximate surface area is 105 Å². The number of rotatable bonds is 2. The summed E-state index contributed by atoms with van der Waals surface area (Å²) in [7, 11) is 0. The fraction of sp³-hybridized carbons (Fsp3) is 0.583. The second-order valence-corrected chi connectivity index (χ2v) is 5.11. The molecule has 4 N–H and O–H groups in total. The molecule has 1 fully saturated rings. The molecular formula is C12H18N6. The van der Waals surface area contributed by atoms with Gasteiger partial charge in [0, 0.05) is 18.8 Å². The van der Waals surface area contributed by atoms with Gasteiger partial charge in [-0.2, -0.15) is 10.1 Å². The summed E-state index contributed by atoms with van der Waals surface area (Å²) in [5.74, 6) is 0.944. The van der Waals surface area contributed by atoms with E-state index >= 15 is 0 Å². The van der Waals surface area contributed by atoms with Crippen LogP contribution < -0.4 is 11.5 Å². The van der Waals surface area contributed by atoms with E-state index in [4.69, 9.17) is 11.5 Å². The van der Waals surface area contributed by atoms with Gasteiger partial charge in [0.2, 0.25) is 5.95 Å². The van der Waals surface area contributed by atoms with Crippen molar-refractivity contribution < 1.29 is 0 Å². The molecule has 2 aromatic heterocycles. The van der Waals surface area contributed by atoms with Gasteiger partial charge in [0.1, 0.15) is 0 Å². The normalized spacial score (nSPS) is 24.5. The lowest BCUT2D eigenvalue weighted by molar-refractivity contribution is 0.288. The van der Waals surface area contributed by atoms with Crippen molar-refractivity contribution in [3.8, 4) is 0 Å². The highest BCUT2D eigenvalue weighted by Gasteiger charge is 2.20. The molecule has 0 amide bonds. The van der Waals surface area contributed by atoms with Crippen LogP contribution in [0.3, 0.4) is 0 Å². The summed E-state index contributed by atoms with van der Waals surface area (Å²) in [6.07, 6.45) is 8.08. The largest absolute Gasteiger partial charge is 0.368 e. The third-order valence-corrected chi connectivity index (χ3v) is 3.72. The second kappa shape index (κ2) is 4.53. The zero-order valence-corrected chi connectivity index (χ0v) is 10.3. The lowest BCUT2D eigenvalue weighted by Crippen LogP contribution is -2.28. The van der Waals surface area contributed by atoms with Crippen molar-refractivity contribution in [1.29, 1.82) is 0 Å². The van der Waals surface area contributed by atoms with Gasteiger partial charge in [-0.1, -0.05) is 0 Å². The number of nitrogens with two attached hydrogens (primary N) is 2. The van der Waals surface area contributed by atoms with Crippen LogP contribution in [-0.2, 0) is 6.54 Å². The maximum absolute atomic E-state index is 5.92. The van der Waals surface area contributed by atoms with Crippen LogP contribution in [0.2, 0.25) is 0 Å².